The van der Waals surface area contributed by atoms with Crippen molar-refractivity contribution in [2.24, 2.45) is 4.99 Å². The fraction of sp³-hybridized carbons (Fsp3) is 0.314. The summed E-state index contributed by atoms with van der Waals surface area (Å²) in [5.74, 6) is 1.32. The van der Waals surface area contributed by atoms with Gasteiger partial charge in [-0.1, -0.05) is 79.9 Å². The summed E-state index contributed by atoms with van der Waals surface area (Å²) >= 11 is 0. The minimum absolute atomic E-state index is 0.245. The summed E-state index contributed by atoms with van der Waals surface area (Å²) in [4.78, 5) is 10.3. The summed E-state index contributed by atoms with van der Waals surface area (Å²) in [6.07, 6.45) is 6.97. The van der Waals surface area contributed by atoms with E-state index in [0.29, 0.717) is 5.92 Å². The molecule has 0 N–H and O–H groups in total. The number of hydrogen-bond donors (Lipinski definition) is 0. The molecule has 0 saturated heterocycles. The van der Waals surface area contributed by atoms with Crippen molar-refractivity contribution >= 4 is 11.4 Å². The van der Waals surface area contributed by atoms with Gasteiger partial charge in [-0.3, -0.25) is 4.98 Å². The molecule has 200 valence electrons. The van der Waals surface area contributed by atoms with E-state index in [-0.39, 0.29) is 6.79 Å². The van der Waals surface area contributed by atoms with Gasteiger partial charge in [-0.25, -0.2) is 4.99 Å². The molecule has 0 atom stereocenters. The molecule has 4 nitrogen and oxygen atoms in total. The second-order valence-corrected chi connectivity index (χ2v) is 10.5. The predicted molar refractivity (Wildman–Crippen MR) is 159 cm³/mol. The molecule has 0 radical (unpaired) electrons. The monoisotopic (exact) mass is 518 g/mol. The molecular formula is C35H38N2O2. The van der Waals surface area contributed by atoms with Crippen LogP contribution < -0.4 is 4.74 Å². The first kappa shape index (κ1) is 26.8. The maximum Gasteiger partial charge on any atom is 0.188 e. The number of aliphatic imine (C=N–C) groups is 1. The molecule has 0 aliphatic heterocycles. The van der Waals surface area contributed by atoms with E-state index >= 15 is 0 Å². The van der Waals surface area contributed by atoms with Crippen molar-refractivity contribution in [3.05, 3.63) is 124 Å². The molecular weight excluding hydrogens is 480 g/mol. The average molecular weight is 519 g/mol. The van der Waals surface area contributed by atoms with E-state index in [2.05, 4.69) is 86.6 Å². The van der Waals surface area contributed by atoms with E-state index in [1.165, 1.54) is 48.8 Å². The van der Waals surface area contributed by atoms with Crippen molar-refractivity contribution in [3.63, 3.8) is 0 Å². The Bertz CT molecular complexity index is 1340. The van der Waals surface area contributed by atoms with Gasteiger partial charge in [0.2, 0.25) is 0 Å². The van der Waals surface area contributed by atoms with Gasteiger partial charge >= 0.3 is 0 Å². The second kappa shape index (κ2) is 12.9. The number of methoxy groups -OCH3 is 1. The number of pyridine rings is 1. The van der Waals surface area contributed by atoms with Crippen molar-refractivity contribution in [2.75, 3.05) is 13.9 Å². The lowest BCUT2D eigenvalue weighted by Crippen LogP contribution is -2.12. The quantitative estimate of drug-likeness (QED) is 0.165. The van der Waals surface area contributed by atoms with Gasteiger partial charge in [-0.2, -0.15) is 0 Å². The highest BCUT2D eigenvalue weighted by Gasteiger charge is 2.22. The molecule has 1 fully saturated rings. The number of aryl methyl sites for hydroxylation is 2. The van der Waals surface area contributed by atoms with Crippen LogP contribution in [0.25, 0.3) is 0 Å². The van der Waals surface area contributed by atoms with Crippen molar-refractivity contribution < 1.29 is 9.47 Å². The molecule has 1 saturated carbocycles. The maximum absolute atomic E-state index is 5.92. The summed E-state index contributed by atoms with van der Waals surface area (Å²) in [6.45, 7) is 4.61. The van der Waals surface area contributed by atoms with Crippen LogP contribution in [-0.2, 0) is 11.2 Å². The standard InChI is InChI=1S/C35H38N2O2/c1-25-21-31(37-34(27-13-7-4-8-14-27)28-15-9-5-10-16-28)22-26(2)32(25)23-30-19-20-33(39-24-38-3)35(36-30)29-17-11-6-12-18-29/h4-5,7-10,13-16,19-22,29H,6,11-12,17-18,23-24H2,1-3H3. The van der Waals surface area contributed by atoms with E-state index in [0.717, 1.165) is 46.1 Å². The Balaban J connectivity index is 1.46. The SMILES string of the molecule is COCOc1ccc(Cc2c(C)cc(N=C(c3ccccc3)c3ccccc3)cc2C)nc1C1CCCCC1. The van der Waals surface area contributed by atoms with Gasteiger partial charge in [0.25, 0.3) is 0 Å². The Morgan fingerprint density at radius 2 is 1.44 bits per heavy atom. The molecule has 5 rings (SSSR count). The van der Waals surface area contributed by atoms with Crippen LogP contribution in [0.3, 0.4) is 0 Å². The van der Waals surface area contributed by atoms with Gasteiger partial charge in [-0.15, -0.1) is 0 Å². The van der Waals surface area contributed by atoms with Crippen molar-refractivity contribution in [2.45, 2.75) is 58.3 Å². The fourth-order valence-corrected chi connectivity index (χ4v) is 5.63. The first-order chi connectivity index (χ1) is 19.1. The number of benzene rings is 3. The molecule has 0 unspecified atom stereocenters. The molecule has 0 bridgehead atoms. The van der Waals surface area contributed by atoms with Crippen LogP contribution in [0.4, 0.5) is 5.69 Å². The van der Waals surface area contributed by atoms with E-state index in [1.807, 2.05) is 12.1 Å². The number of nitrogens with zero attached hydrogens (tertiary/aromatic N) is 2. The van der Waals surface area contributed by atoms with Crippen molar-refractivity contribution in [3.8, 4) is 5.75 Å². The molecule has 1 heterocycles. The van der Waals surface area contributed by atoms with E-state index in [1.54, 1.807) is 7.11 Å². The Kier molecular flexibility index (Phi) is 8.85. The molecule has 4 heteroatoms. The zero-order valence-electron chi connectivity index (χ0n) is 23.3. The summed E-state index contributed by atoms with van der Waals surface area (Å²) in [5, 5.41) is 0. The van der Waals surface area contributed by atoms with Crippen LogP contribution in [0.15, 0.2) is 89.9 Å². The maximum atomic E-state index is 5.92. The lowest BCUT2D eigenvalue weighted by atomic mass is 9.86. The molecule has 3 aromatic carbocycles. The van der Waals surface area contributed by atoms with Crippen LogP contribution in [-0.4, -0.2) is 24.6 Å². The third kappa shape index (κ3) is 6.63. The Morgan fingerprint density at radius 1 is 0.821 bits per heavy atom. The number of aromatic nitrogens is 1. The predicted octanol–water partition coefficient (Wildman–Crippen LogP) is 8.49. The van der Waals surface area contributed by atoms with Crippen LogP contribution in [0.1, 0.15) is 77.2 Å². The van der Waals surface area contributed by atoms with Gasteiger partial charge in [-0.05, 0) is 67.6 Å². The zero-order valence-corrected chi connectivity index (χ0v) is 23.3. The van der Waals surface area contributed by atoms with Gasteiger partial charge in [0.05, 0.1) is 17.1 Å². The van der Waals surface area contributed by atoms with E-state index in [9.17, 15) is 0 Å². The Morgan fingerprint density at radius 3 is 2.03 bits per heavy atom. The van der Waals surface area contributed by atoms with E-state index < -0.39 is 0 Å². The average Bonchev–Trinajstić information content (AvgIpc) is 2.98. The number of ether oxygens (including phenoxy) is 2. The third-order valence-corrected chi connectivity index (χ3v) is 7.64. The zero-order chi connectivity index (χ0) is 27.0. The second-order valence-electron chi connectivity index (χ2n) is 10.5. The molecule has 1 aliphatic carbocycles. The van der Waals surface area contributed by atoms with Gasteiger partial charge in [0, 0.05) is 36.3 Å². The summed E-state index contributed by atoms with van der Waals surface area (Å²) < 4.78 is 11.1. The topological polar surface area (TPSA) is 43.7 Å². The number of hydrogen-bond acceptors (Lipinski definition) is 4. The van der Waals surface area contributed by atoms with Crippen molar-refractivity contribution in [1.29, 1.82) is 0 Å². The third-order valence-electron chi connectivity index (χ3n) is 7.64. The number of rotatable bonds is 9. The molecule has 1 aliphatic rings. The van der Waals surface area contributed by atoms with Crippen LogP contribution in [0.2, 0.25) is 0 Å². The highest BCUT2D eigenvalue weighted by atomic mass is 16.7. The van der Waals surface area contributed by atoms with Gasteiger partial charge < -0.3 is 9.47 Å². The normalized spacial score (nSPS) is 13.7. The summed E-state index contributed by atoms with van der Waals surface area (Å²) in [5.41, 5.74) is 10.1. The first-order valence-corrected chi connectivity index (χ1v) is 14.0. The molecule has 0 amide bonds. The minimum Gasteiger partial charge on any atom is -0.466 e. The lowest BCUT2D eigenvalue weighted by Gasteiger charge is -2.24. The molecule has 39 heavy (non-hydrogen) atoms. The fourth-order valence-electron chi connectivity index (χ4n) is 5.63. The summed E-state index contributed by atoms with van der Waals surface area (Å²) in [6, 6.07) is 29.4. The van der Waals surface area contributed by atoms with Crippen LogP contribution in [0.5, 0.6) is 5.75 Å². The molecule has 1 aromatic heterocycles. The highest BCUT2D eigenvalue weighted by molar-refractivity contribution is 6.13. The Labute approximate surface area is 232 Å². The van der Waals surface area contributed by atoms with E-state index in [4.69, 9.17) is 19.5 Å². The Hall–Kier alpha value is -3.76. The largest absolute Gasteiger partial charge is 0.466 e. The first-order valence-electron chi connectivity index (χ1n) is 14.0. The smallest absolute Gasteiger partial charge is 0.188 e. The lowest BCUT2D eigenvalue weighted by molar-refractivity contribution is 0.0496. The van der Waals surface area contributed by atoms with Gasteiger partial charge in [0.1, 0.15) is 5.75 Å². The van der Waals surface area contributed by atoms with Gasteiger partial charge in [0.15, 0.2) is 6.79 Å². The minimum atomic E-state index is 0.245. The molecule has 4 aromatic rings. The van der Waals surface area contributed by atoms with Crippen LogP contribution in [0, 0.1) is 13.8 Å². The van der Waals surface area contributed by atoms with Crippen LogP contribution >= 0.6 is 0 Å². The van der Waals surface area contributed by atoms with Crippen molar-refractivity contribution in [1.82, 2.24) is 4.98 Å². The highest BCUT2D eigenvalue weighted by Crippen LogP contribution is 2.37. The summed E-state index contributed by atoms with van der Waals surface area (Å²) in [7, 11) is 1.66. The molecule has 0 spiro atoms.